The number of anilines is 1. The molecule has 0 unspecified atom stereocenters. The number of aliphatic hydroxyl groups is 4. The number of ether oxygens (including phenoxy) is 4. The molecule has 0 fully saturated rings. The van der Waals surface area contributed by atoms with Crippen LogP contribution in [0.5, 0.6) is 34.5 Å². The van der Waals surface area contributed by atoms with Crippen LogP contribution >= 0.6 is 0 Å². The van der Waals surface area contributed by atoms with E-state index in [-0.39, 0.29) is 56.0 Å². The van der Waals surface area contributed by atoms with Crippen LogP contribution in [0.1, 0.15) is 63.6 Å². The maximum absolute atomic E-state index is 12.0. The number of fused-ring (bicyclic) bond motifs is 2. The Kier molecular flexibility index (Phi) is 8.23. The van der Waals surface area contributed by atoms with E-state index in [0.29, 0.717) is 58.7 Å². The van der Waals surface area contributed by atoms with Crippen molar-refractivity contribution >= 4 is 5.69 Å². The fraction of sp³-hybridized carbons (Fsp3) is 0.333. The molecule has 11 nitrogen and oxygen atoms in total. The molecule has 2 heterocycles. The second-order valence-electron chi connectivity index (χ2n) is 12.0. The number of phenolic OH excluding ortho intramolecular Hbond substituents is 2. The van der Waals surface area contributed by atoms with E-state index >= 15 is 0 Å². The number of benzene rings is 4. The topological polar surface area (TPSA) is 170 Å². The highest BCUT2D eigenvalue weighted by Crippen LogP contribution is 2.57. The first kappa shape index (κ1) is 30.9. The number of phenols is 2. The normalized spacial score (nSPS) is 18.8. The summed E-state index contributed by atoms with van der Waals surface area (Å²) in [5, 5.41) is 66.8. The molecule has 0 radical (unpaired) electrons. The molecule has 4 aromatic rings. The van der Waals surface area contributed by atoms with Crippen molar-refractivity contribution < 1.29 is 49.6 Å². The number of methoxy groups -OCH3 is 1. The van der Waals surface area contributed by atoms with Crippen LogP contribution in [0.25, 0.3) is 11.1 Å². The van der Waals surface area contributed by atoms with Crippen molar-refractivity contribution in [2.24, 2.45) is 0 Å². The summed E-state index contributed by atoms with van der Waals surface area (Å²) in [6.45, 7) is 0.408. The highest BCUT2D eigenvalue weighted by molar-refractivity contribution is 5.93. The van der Waals surface area contributed by atoms with Gasteiger partial charge in [-0.1, -0.05) is 24.3 Å². The largest absolute Gasteiger partial charge is 0.507 e. The van der Waals surface area contributed by atoms with Crippen LogP contribution in [0.3, 0.4) is 0 Å². The summed E-state index contributed by atoms with van der Waals surface area (Å²) in [6.07, 6.45) is -0.725. The fourth-order valence-electron chi connectivity index (χ4n) is 7.00. The number of rotatable bonds is 10. The van der Waals surface area contributed by atoms with Crippen molar-refractivity contribution in [3.8, 4) is 45.6 Å². The molecule has 1 aliphatic carbocycles. The molecule has 4 aromatic carbocycles. The predicted molar refractivity (Wildman–Crippen MR) is 171 cm³/mol. The number of hydrogen-bond acceptors (Lipinski definition) is 11. The monoisotopic (exact) mass is 643 g/mol. The summed E-state index contributed by atoms with van der Waals surface area (Å²) >= 11 is 0. The molecule has 0 amide bonds. The smallest absolute Gasteiger partial charge is 0.200 e. The van der Waals surface area contributed by atoms with Gasteiger partial charge >= 0.3 is 0 Å². The lowest BCUT2D eigenvalue weighted by Crippen LogP contribution is -2.29. The van der Waals surface area contributed by atoms with E-state index < -0.39 is 18.2 Å². The van der Waals surface area contributed by atoms with Crippen LogP contribution in [0.4, 0.5) is 5.69 Å². The first-order chi connectivity index (χ1) is 22.8. The van der Waals surface area contributed by atoms with Gasteiger partial charge in [0.2, 0.25) is 5.75 Å². The van der Waals surface area contributed by atoms with E-state index in [0.717, 1.165) is 27.8 Å². The van der Waals surface area contributed by atoms with Crippen LogP contribution < -0.4 is 24.3 Å². The van der Waals surface area contributed by atoms with Gasteiger partial charge in [-0.05, 0) is 47.2 Å². The van der Waals surface area contributed by atoms with E-state index in [1.54, 1.807) is 18.2 Å². The Morgan fingerprint density at radius 2 is 1.66 bits per heavy atom. The van der Waals surface area contributed by atoms with Crippen molar-refractivity contribution in [2.75, 3.05) is 32.2 Å². The molecule has 47 heavy (non-hydrogen) atoms. The number of nitrogens with one attached hydrogen (secondary N) is 1. The molecule has 7 rings (SSSR count). The minimum Gasteiger partial charge on any atom is -0.507 e. The molecule has 3 atom stereocenters. The van der Waals surface area contributed by atoms with Gasteiger partial charge < -0.3 is 54.9 Å². The lowest BCUT2D eigenvalue weighted by atomic mass is 9.74. The van der Waals surface area contributed by atoms with Crippen molar-refractivity contribution in [3.63, 3.8) is 0 Å². The number of aliphatic hydroxyl groups excluding tert-OH is 4. The second kappa shape index (κ2) is 12.5. The molecule has 7 N–H and O–H groups in total. The third kappa shape index (κ3) is 5.35. The van der Waals surface area contributed by atoms with Crippen LogP contribution in [0.15, 0.2) is 48.5 Å². The van der Waals surface area contributed by atoms with Crippen LogP contribution in [-0.4, -0.2) is 57.6 Å². The maximum atomic E-state index is 12.0. The summed E-state index contributed by atoms with van der Waals surface area (Å²) in [4.78, 5) is 0. The molecule has 3 aliphatic rings. The second-order valence-corrected chi connectivity index (χ2v) is 12.0. The molecule has 0 saturated heterocycles. The molecule has 246 valence electrons. The Morgan fingerprint density at radius 3 is 2.45 bits per heavy atom. The van der Waals surface area contributed by atoms with E-state index in [4.69, 9.17) is 18.9 Å². The van der Waals surface area contributed by atoms with Gasteiger partial charge in [-0.3, -0.25) is 0 Å². The lowest BCUT2D eigenvalue weighted by molar-refractivity contribution is 0.0877. The van der Waals surface area contributed by atoms with E-state index in [1.165, 1.54) is 13.2 Å². The van der Waals surface area contributed by atoms with Gasteiger partial charge in [-0.25, -0.2) is 0 Å². The van der Waals surface area contributed by atoms with Gasteiger partial charge in [0.1, 0.15) is 23.9 Å². The van der Waals surface area contributed by atoms with Crippen LogP contribution in [-0.2, 0) is 26.1 Å². The Bertz CT molecular complexity index is 1840. The van der Waals surface area contributed by atoms with Crippen LogP contribution in [0.2, 0.25) is 0 Å². The molecule has 2 aliphatic heterocycles. The number of hydrogen-bond donors (Lipinski definition) is 7. The Labute approximate surface area is 271 Å². The summed E-state index contributed by atoms with van der Waals surface area (Å²) in [6, 6.07) is 14.1. The van der Waals surface area contributed by atoms with Crippen molar-refractivity contribution in [1.82, 2.24) is 0 Å². The summed E-state index contributed by atoms with van der Waals surface area (Å²) in [5.74, 6) is 0.552. The summed E-state index contributed by atoms with van der Waals surface area (Å²) in [5.41, 5.74) is 7.02. The lowest BCUT2D eigenvalue weighted by Gasteiger charge is -2.39. The van der Waals surface area contributed by atoms with Gasteiger partial charge in [-0.2, -0.15) is 0 Å². The first-order valence-corrected chi connectivity index (χ1v) is 15.6. The zero-order chi connectivity index (χ0) is 32.8. The third-order valence-electron chi connectivity index (χ3n) is 9.22. The zero-order valence-electron chi connectivity index (χ0n) is 25.8. The molecular weight excluding hydrogens is 606 g/mol. The quantitative estimate of drug-likeness (QED) is 0.123. The molecule has 0 spiro atoms. The highest BCUT2D eigenvalue weighted by atomic mass is 16.5. The Morgan fingerprint density at radius 1 is 0.872 bits per heavy atom. The SMILES string of the molecule is COc1cc([C@@H]2COc3cc4c5c(c3[C@H]2O)CCc2c(OCc3cccc(CO)c3)cc(O)c(c2-5)[C@@H](O)N4)cc(OCCCO)c1O. The van der Waals surface area contributed by atoms with Crippen molar-refractivity contribution in [1.29, 1.82) is 0 Å². The Hall–Kier alpha value is -4.68. The molecule has 0 saturated carbocycles. The standard InChI is InChI=1S/C36H37NO10/c1-44-28-11-20(12-29(35(28)42)45-9-3-8-38)23-17-47-27-13-24-30-22(31(27)34(23)41)7-6-21-26(14-25(40)33(32(21)30)36(43)37-24)46-16-19-5-2-4-18(10-19)15-39/h2,4-5,10-14,23,34,36-43H,3,6-9,15-17H2,1H3/t23-,34-,36+/m0/s1. The number of aromatic hydroxyl groups is 2. The fourth-order valence-corrected chi connectivity index (χ4v) is 7.00. The van der Waals surface area contributed by atoms with Gasteiger partial charge in [0.25, 0.3) is 0 Å². The van der Waals surface area contributed by atoms with Gasteiger partial charge in [0, 0.05) is 59.0 Å². The molecule has 0 bridgehead atoms. The van der Waals surface area contributed by atoms with Crippen LogP contribution in [0, 0.1) is 0 Å². The maximum Gasteiger partial charge on any atom is 0.200 e. The van der Waals surface area contributed by atoms with E-state index in [9.17, 15) is 30.6 Å². The predicted octanol–water partition coefficient (Wildman–Crippen LogP) is 4.33. The van der Waals surface area contributed by atoms with Crippen molar-refractivity contribution in [2.45, 2.75) is 50.7 Å². The van der Waals surface area contributed by atoms with Gasteiger partial charge in [0.15, 0.2) is 17.7 Å². The highest BCUT2D eigenvalue weighted by Gasteiger charge is 2.41. The molecule has 0 aromatic heterocycles. The minimum absolute atomic E-state index is 0.0583. The van der Waals surface area contributed by atoms with Gasteiger partial charge in [-0.15, -0.1) is 0 Å². The third-order valence-corrected chi connectivity index (χ3v) is 9.22. The van der Waals surface area contributed by atoms with E-state index in [2.05, 4.69) is 5.32 Å². The van der Waals surface area contributed by atoms with E-state index in [1.807, 2.05) is 24.3 Å². The summed E-state index contributed by atoms with van der Waals surface area (Å²) < 4.78 is 23.6. The molecular formula is C36H37NO10. The minimum atomic E-state index is -1.18. The van der Waals surface area contributed by atoms with Crippen molar-refractivity contribution in [3.05, 3.63) is 87.5 Å². The van der Waals surface area contributed by atoms with Gasteiger partial charge in [0.05, 0.1) is 38.6 Å². The zero-order valence-corrected chi connectivity index (χ0v) is 25.8. The summed E-state index contributed by atoms with van der Waals surface area (Å²) in [7, 11) is 1.44. The molecule has 11 heteroatoms. The average molecular weight is 644 g/mol. The average Bonchev–Trinajstić information content (AvgIpc) is 3.07. The Balaban J connectivity index is 1.29. The first-order valence-electron chi connectivity index (χ1n) is 15.6.